The molecule has 0 aliphatic rings. The second-order valence-corrected chi connectivity index (χ2v) is 9.42. The van der Waals surface area contributed by atoms with Crippen LogP contribution in [0.25, 0.3) is 5.69 Å². The average molecular weight is 492 g/mol. The molecule has 2 N–H and O–H groups in total. The van der Waals surface area contributed by atoms with Crippen molar-refractivity contribution < 1.29 is 4.79 Å². The summed E-state index contributed by atoms with van der Waals surface area (Å²) < 4.78 is 1.98. The Kier molecular flexibility index (Phi) is 7.55. The van der Waals surface area contributed by atoms with Crippen molar-refractivity contribution in [2.24, 2.45) is 0 Å². The first kappa shape index (κ1) is 23.9. The van der Waals surface area contributed by atoms with Gasteiger partial charge in [-0.2, -0.15) is 0 Å². The van der Waals surface area contributed by atoms with Gasteiger partial charge < -0.3 is 10.6 Å². The van der Waals surface area contributed by atoms with Crippen LogP contribution in [0.15, 0.2) is 71.9 Å². The summed E-state index contributed by atoms with van der Waals surface area (Å²) in [4.78, 5) is 12.7. The minimum Gasteiger partial charge on any atom is -0.378 e. The molecule has 0 saturated carbocycles. The zero-order chi connectivity index (χ0) is 24.1. The third-order valence-electron chi connectivity index (χ3n) is 5.35. The van der Waals surface area contributed by atoms with Gasteiger partial charge in [-0.05, 0) is 62.2 Å². The third kappa shape index (κ3) is 5.79. The predicted octanol–water partition coefficient (Wildman–Crippen LogP) is 6.19. The SMILES string of the molecule is Cc1ccc(-n2c(CNc3cccc(Cl)c3)nnc2SCC(=O)Nc2c(C)cccc2C)cc1. The number of benzene rings is 3. The largest absolute Gasteiger partial charge is 0.378 e. The molecule has 34 heavy (non-hydrogen) atoms. The minimum absolute atomic E-state index is 0.0838. The highest BCUT2D eigenvalue weighted by Crippen LogP contribution is 2.25. The fourth-order valence-corrected chi connectivity index (χ4v) is 4.52. The molecule has 0 spiro atoms. The van der Waals surface area contributed by atoms with Crippen LogP contribution in [0.1, 0.15) is 22.5 Å². The number of anilines is 2. The summed E-state index contributed by atoms with van der Waals surface area (Å²) in [5.41, 5.74) is 5.94. The fraction of sp³-hybridized carbons (Fsp3) is 0.192. The van der Waals surface area contributed by atoms with Crippen molar-refractivity contribution in [3.63, 3.8) is 0 Å². The van der Waals surface area contributed by atoms with Crippen LogP contribution in [-0.4, -0.2) is 26.4 Å². The van der Waals surface area contributed by atoms with Crippen LogP contribution in [0.4, 0.5) is 11.4 Å². The van der Waals surface area contributed by atoms with Gasteiger partial charge in [-0.25, -0.2) is 0 Å². The number of aryl methyl sites for hydroxylation is 3. The second-order valence-electron chi connectivity index (χ2n) is 8.04. The Morgan fingerprint density at radius 3 is 2.38 bits per heavy atom. The molecule has 3 aromatic carbocycles. The van der Waals surface area contributed by atoms with E-state index in [1.54, 1.807) is 0 Å². The Balaban J connectivity index is 1.53. The van der Waals surface area contributed by atoms with Gasteiger partial charge in [-0.15, -0.1) is 10.2 Å². The molecule has 4 aromatic rings. The van der Waals surface area contributed by atoms with Gasteiger partial charge in [-0.1, -0.05) is 65.3 Å². The molecule has 8 heteroatoms. The Morgan fingerprint density at radius 2 is 1.68 bits per heavy atom. The predicted molar refractivity (Wildman–Crippen MR) is 140 cm³/mol. The Morgan fingerprint density at radius 1 is 0.971 bits per heavy atom. The van der Waals surface area contributed by atoms with Crippen LogP contribution in [-0.2, 0) is 11.3 Å². The van der Waals surface area contributed by atoms with Crippen LogP contribution in [0.2, 0.25) is 5.02 Å². The molecule has 1 amide bonds. The maximum absolute atomic E-state index is 12.7. The van der Waals surface area contributed by atoms with Crippen LogP contribution < -0.4 is 10.6 Å². The highest BCUT2D eigenvalue weighted by Gasteiger charge is 2.17. The molecule has 0 radical (unpaired) electrons. The van der Waals surface area contributed by atoms with Gasteiger partial charge in [0.15, 0.2) is 11.0 Å². The molecule has 0 aliphatic heterocycles. The van der Waals surface area contributed by atoms with Crippen LogP contribution in [0.3, 0.4) is 0 Å². The monoisotopic (exact) mass is 491 g/mol. The van der Waals surface area contributed by atoms with Gasteiger partial charge in [0.05, 0.1) is 12.3 Å². The summed E-state index contributed by atoms with van der Waals surface area (Å²) in [6.07, 6.45) is 0. The number of nitrogens with one attached hydrogen (secondary N) is 2. The summed E-state index contributed by atoms with van der Waals surface area (Å²) in [6.45, 7) is 6.48. The lowest BCUT2D eigenvalue weighted by molar-refractivity contribution is -0.113. The van der Waals surface area contributed by atoms with E-state index in [0.717, 1.165) is 39.6 Å². The number of halogens is 1. The first-order chi connectivity index (χ1) is 16.4. The summed E-state index contributed by atoms with van der Waals surface area (Å²) in [5, 5.41) is 16.5. The number of rotatable bonds is 8. The van der Waals surface area contributed by atoms with Crippen LogP contribution >= 0.6 is 23.4 Å². The fourth-order valence-electron chi connectivity index (χ4n) is 3.56. The minimum atomic E-state index is -0.0838. The number of thioether (sulfide) groups is 1. The number of carbonyl (C=O) groups is 1. The summed E-state index contributed by atoms with van der Waals surface area (Å²) in [5.74, 6) is 0.875. The number of nitrogens with zero attached hydrogens (tertiary/aromatic N) is 3. The van der Waals surface area contributed by atoms with Gasteiger partial charge in [0.1, 0.15) is 0 Å². The lowest BCUT2D eigenvalue weighted by atomic mass is 10.1. The summed E-state index contributed by atoms with van der Waals surface area (Å²) >= 11 is 7.47. The van der Waals surface area contributed by atoms with Crippen molar-refractivity contribution >= 4 is 40.6 Å². The highest BCUT2D eigenvalue weighted by atomic mass is 35.5. The number of carbonyl (C=O) groups excluding carboxylic acids is 1. The average Bonchev–Trinajstić information content (AvgIpc) is 3.22. The summed E-state index contributed by atoms with van der Waals surface area (Å²) in [7, 11) is 0. The van der Waals surface area contributed by atoms with Crippen molar-refractivity contribution in [2.75, 3.05) is 16.4 Å². The lowest BCUT2D eigenvalue weighted by Crippen LogP contribution is -2.16. The first-order valence-corrected chi connectivity index (χ1v) is 12.3. The first-order valence-electron chi connectivity index (χ1n) is 10.9. The van der Waals surface area contributed by atoms with E-state index < -0.39 is 0 Å². The van der Waals surface area contributed by atoms with Crippen molar-refractivity contribution in [1.29, 1.82) is 0 Å². The zero-order valence-corrected chi connectivity index (χ0v) is 20.9. The zero-order valence-electron chi connectivity index (χ0n) is 19.3. The van der Waals surface area contributed by atoms with E-state index in [9.17, 15) is 4.79 Å². The quantitative estimate of drug-likeness (QED) is 0.287. The molecule has 0 aliphatic carbocycles. The molecule has 1 aromatic heterocycles. The van der Waals surface area contributed by atoms with Gasteiger partial charge in [0.25, 0.3) is 0 Å². The number of aromatic nitrogens is 3. The van der Waals surface area contributed by atoms with E-state index in [1.807, 2.05) is 92.1 Å². The summed E-state index contributed by atoms with van der Waals surface area (Å²) in [6, 6.07) is 21.7. The van der Waals surface area contributed by atoms with Crippen molar-refractivity contribution in [1.82, 2.24) is 14.8 Å². The smallest absolute Gasteiger partial charge is 0.234 e. The molecule has 6 nitrogen and oxygen atoms in total. The maximum Gasteiger partial charge on any atom is 0.234 e. The Bertz CT molecular complexity index is 1280. The van der Waals surface area contributed by atoms with E-state index >= 15 is 0 Å². The van der Waals surface area contributed by atoms with Crippen molar-refractivity contribution in [2.45, 2.75) is 32.5 Å². The van der Waals surface area contributed by atoms with E-state index in [0.29, 0.717) is 16.7 Å². The molecule has 4 rings (SSSR count). The van der Waals surface area contributed by atoms with Crippen molar-refractivity contribution in [3.8, 4) is 5.69 Å². The molecule has 0 fully saturated rings. The number of amides is 1. The molecule has 174 valence electrons. The highest BCUT2D eigenvalue weighted by molar-refractivity contribution is 7.99. The molecule has 0 unspecified atom stereocenters. The molecule has 0 bridgehead atoms. The van der Waals surface area contributed by atoms with E-state index in [-0.39, 0.29) is 11.7 Å². The Hall–Kier alpha value is -3.29. The molecule has 0 saturated heterocycles. The number of hydrogen-bond acceptors (Lipinski definition) is 5. The van der Waals surface area contributed by atoms with E-state index in [1.165, 1.54) is 11.8 Å². The van der Waals surface area contributed by atoms with Crippen LogP contribution in [0, 0.1) is 20.8 Å². The van der Waals surface area contributed by atoms with Gasteiger partial charge in [0, 0.05) is 22.1 Å². The van der Waals surface area contributed by atoms with Crippen molar-refractivity contribution in [3.05, 3.63) is 94.3 Å². The van der Waals surface area contributed by atoms with Crippen LogP contribution in [0.5, 0.6) is 0 Å². The second kappa shape index (κ2) is 10.8. The van der Waals surface area contributed by atoms with E-state index in [4.69, 9.17) is 11.6 Å². The van der Waals surface area contributed by atoms with Gasteiger partial charge >= 0.3 is 0 Å². The normalized spacial score (nSPS) is 10.8. The Labute approximate surface area is 208 Å². The topological polar surface area (TPSA) is 71.8 Å². The molecule has 0 atom stereocenters. The molecule has 1 heterocycles. The molecular weight excluding hydrogens is 466 g/mol. The number of hydrogen-bond donors (Lipinski definition) is 2. The van der Waals surface area contributed by atoms with Gasteiger partial charge in [0.2, 0.25) is 5.91 Å². The maximum atomic E-state index is 12.7. The standard InChI is InChI=1S/C26H26ClN5OS/c1-17-10-12-22(13-11-17)32-23(15-28-21-9-5-8-20(27)14-21)30-31-26(32)34-16-24(33)29-25-18(2)6-4-7-19(25)3/h4-14,28H,15-16H2,1-3H3,(H,29,33). The van der Waals surface area contributed by atoms with Gasteiger partial charge in [-0.3, -0.25) is 9.36 Å². The lowest BCUT2D eigenvalue weighted by Gasteiger charge is -2.13. The molecular formula is C26H26ClN5OS. The number of para-hydroxylation sites is 1. The van der Waals surface area contributed by atoms with E-state index in [2.05, 4.69) is 20.8 Å². The third-order valence-corrected chi connectivity index (χ3v) is 6.51.